The summed E-state index contributed by atoms with van der Waals surface area (Å²) in [6.45, 7) is 4.28. The highest BCUT2D eigenvalue weighted by molar-refractivity contribution is 5.82. The molecule has 2 aliphatic rings. The van der Waals surface area contributed by atoms with Gasteiger partial charge in [-0.15, -0.1) is 0 Å². The van der Waals surface area contributed by atoms with Crippen LogP contribution in [0.1, 0.15) is 32.3 Å². The highest BCUT2D eigenvalue weighted by Crippen LogP contribution is 2.34. The number of anilines is 1. The van der Waals surface area contributed by atoms with Crippen LogP contribution >= 0.6 is 0 Å². The zero-order valence-corrected chi connectivity index (χ0v) is 14.6. The molecule has 1 fully saturated rings. The predicted molar refractivity (Wildman–Crippen MR) is 87.4 cm³/mol. The Morgan fingerprint density at radius 3 is 2.62 bits per heavy atom. The van der Waals surface area contributed by atoms with Gasteiger partial charge in [-0.05, 0) is 30.5 Å². The van der Waals surface area contributed by atoms with Crippen LogP contribution in [-0.4, -0.2) is 30.3 Å². The zero-order valence-electron chi connectivity index (χ0n) is 14.6. The Balaban J connectivity index is 1.75. The first-order valence-electron chi connectivity index (χ1n) is 8.34. The Kier molecular flexibility index (Phi) is 4.62. The molecule has 0 radical (unpaired) electrons. The Hall–Kier alpha value is -2.25. The smallest absolute Gasteiger partial charge is 0.450 e. The molecule has 2 aliphatic heterocycles. The van der Waals surface area contributed by atoms with E-state index in [0.717, 1.165) is 23.9 Å². The fourth-order valence-electron chi connectivity index (χ4n) is 3.25. The van der Waals surface area contributed by atoms with Crippen LogP contribution in [0.25, 0.3) is 0 Å². The van der Waals surface area contributed by atoms with E-state index < -0.39 is 29.9 Å². The molecule has 1 aromatic rings. The Bertz CT molecular complexity index is 743. The molecule has 0 aliphatic carbocycles. The van der Waals surface area contributed by atoms with Gasteiger partial charge in [0, 0.05) is 18.5 Å². The number of rotatable bonds is 3. The summed E-state index contributed by atoms with van der Waals surface area (Å²) in [7, 11) is 0. The van der Waals surface area contributed by atoms with Crippen LogP contribution in [0, 0.1) is 11.2 Å². The summed E-state index contributed by atoms with van der Waals surface area (Å²) in [6, 6.07) is 4.28. The number of benzene rings is 1. The maximum Gasteiger partial charge on any atom is 0.450 e. The lowest BCUT2D eigenvalue weighted by molar-refractivity contribution is -0.144. The largest absolute Gasteiger partial charge is 0.466 e. The molecule has 0 spiro atoms. The van der Waals surface area contributed by atoms with E-state index >= 15 is 0 Å². The second-order valence-electron chi connectivity index (χ2n) is 7.23. The number of carbonyl (C=O) groups is 1. The van der Waals surface area contributed by atoms with Crippen molar-refractivity contribution in [2.45, 2.75) is 39.4 Å². The molecule has 0 atom stereocenters. The number of amides is 1. The molecule has 1 saturated heterocycles. The van der Waals surface area contributed by atoms with Crippen molar-refractivity contribution in [1.29, 1.82) is 0 Å². The molecule has 0 N–H and O–H groups in total. The van der Waals surface area contributed by atoms with Crippen LogP contribution < -0.4 is 4.90 Å². The van der Waals surface area contributed by atoms with Crippen LogP contribution in [0.4, 0.5) is 23.2 Å². The van der Waals surface area contributed by atoms with E-state index in [1.807, 2.05) is 13.8 Å². The number of alkyl halides is 3. The van der Waals surface area contributed by atoms with Crippen LogP contribution in [0.2, 0.25) is 0 Å². The van der Waals surface area contributed by atoms with Gasteiger partial charge in [0.1, 0.15) is 5.82 Å². The number of likely N-dealkylation sites (tertiary alicyclic amines) is 1. The molecule has 8 heteroatoms. The molecule has 26 heavy (non-hydrogen) atoms. The molecular weight excluding hydrogens is 352 g/mol. The molecular formula is C18H20F4N2O2. The first-order valence-corrected chi connectivity index (χ1v) is 8.34. The van der Waals surface area contributed by atoms with E-state index in [0.29, 0.717) is 12.1 Å². The third kappa shape index (κ3) is 3.64. The molecule has 1 amide bonds. The standard InChI is InChI=1S/C18H20F4N2O2/c1-17(2)6-3-7-23(16(17)25)9-12-4-5-14(13(19)8-12)24-10-15(26-11-24)18(20,21)22/h4-5,8,10H,3,6-7,9,11H2,1-2H3. The lowest BCUT2D eigenvalue weighted by Gasteiger charge is -2.37. The van der Waals surface area contributed by atoms with Crippen molar-refractivity contribution in [2.75, 3.05) is 18.2 Å². The number of nitrogens with zero attached hydrogens (tertiary/aromatic N) is 2. The normalized spacial score (nSPS) is 20.2. The first kappa shape index (κ1) is 18.5. The summed E-state index contributed by atoms with van der Waals surface area (Å²) in [4.78, 5) is 15.2. The van der Waals surface area contributed by atoms with Crippen LogP contribution in [-0.2, 0) is 16.1 Å². The summed E-state index contributed by atoms with van der Waals surface area (Å²) >= 11 is 0. The molecule has 0 bridgehead atoms. The van der Waals surface area contributed by atoms with Gasteiger partial charge in [-0.2, -0.15) is 13.2 Å². The Morgan fingerprint density at radius 2 is 2.00 bits per heavy atom. The van der Waals surface area contributed by atoms with Gasteiger partial charge in [0.2, 0.25) is 11.7 Å². The van der Waals surface area contributed by atoms with Gasteiger partial charge >= 0.3 is 6.18 Å². The second-order valence-corrected chi connectivity index (χ2v) is 7.23. The van der Waals surface area contributed by atoms with Crippen molar-refractivity contribution in [1.82, 2.24) is 4.90 Å². The van der Waals surface area contributed by atoms with Gasteiger partial charge in [-0.25, -0.2) is 4.39 Å². The molecule has 0 unspecified atom stereocenters. The van der Waals surface area contributed by atoms with Crippen molar-refractivity contribution < 1.29 is 27.1 Å². The van der Waals surface area contributed by atoms with Crippen LogP contribution in [0.15, 0.2) is 30.2 Å². The summed E-state index contributed by atoms with van der Waals surface area (Å²) < 4.78 is 56.9. The van der Waals surface area contributed by atoms with Gasteiger partial charge < -0.3 is 14.5 Å². The van der Waals surface area contributed by atoms with Crippen LogP contribution in [0.5, 0.6) is 0 Å². The summed E-state index contributed by atoms with van der Waals surface area (Å²) in [5.41, 5.74) is 0.165. The van der Waals surface area contributed by atoms with Gasteiger partial charge in [-0.1, -0.05) is 19.9 Å². The van der Waals surface area contributed by atoms with Gasteiger partial charge in [0.15, 0.2) is 6.73 Å². The zero-order chi connectivity index (χ0) is 19.1. The molecule has 0 saturated carbocycles. The van der Waals surface area contributed by atoms with Crippen LogP contribution in [0.3, 0.4) is 0 Å². The average Bonchev–Trinajstić information content (AvgIpc) is 3.02. The summed E-state index contributed by atoms with van der Waals surface area (Å²) in [5, 5.41) is 0. The number of hydrogen-bond donors (Lipinski definition) is 0. The number of carbonyl (C=O) groups excluding carboxylic acids is 1. The van der Waals surface area contributed by atoms with Gasteiger partial charge in [0.05, 0.1) is 11.9 Å². The molecule has 3 rings (SSSR count). The fourth-order valence-corrected chi connectivity index (χ4v) is 3.25. The highest BCUT2D eigenvalue weighted by Gasteiger charge is 2.40. The van der Waals surface area contributed by atoms with Crippen molar-refractivity contribution in [3.05, 3.63) is 41.5 Å². The second kappa shape index (κ2) is 6.48. The monoisotopic (exact) mass is 372 g/mol. The molecule has 1 aromatic carbocycles. The number of halogens is 4. The Labute approximate surface area is 149 Å². The first-order chi connectivity index (χ1) is 12.1. The lowest BCUT2D eigenvalue weighted by Crippen LogP contribution is -2.45. The topological polar surface area (TPSA) is 32.8 Å². The molecule has 4 nitrogen and oxygen atoms in total. The number of hydrogen-bond acceptors (Lipinski definition) is 3. The van der Waals surface area contributed by atoms with Crippen molar-refractivity contribution in [2.24, 2.45) is 5.41 Å². The van der Waals surface area contributed by atoms with E-state index in [1.54, 1.807) is 11.0 Å². The van der Waals surface area contributed by atoms with Crippen molar-refractivity contribution in [3.8, 4) is 0 Å². The van der Waals surface area contributed by atoms with E-state index in [-0.39, 0.29) is 18.1 Å². The van der Waals surface area contributed by atoms with Crippen molar-refractivity contribution in [3.63, 3.8) is 0 Å². The Morgan fingerprint density at radius 1 is 1.27 bits per heavy atom. The number of allylic oxidation sites excluding steroid dienone is 1. The third-order valence-electron chi connectivity index (χ3n) is 4.70. The van der Waals surface area contributed by atoms with Crippen molar-refractivity contribution >= 4 is 11.6 Å². The summed E-state index contributed by atoms with van der Waals surface area (Å²) in [5.74, 6) is -1.78. The van der Waals surface area contributed by atoms with E-state index in [9.17, 15) is 22.4 Å². The highest BCUT2D eigenvalue weighted by atomic mass is 19.4. The maximum atomic E-state index is 14.4. The quantitative estimate of drug-likeness (QED) is 0.747. The minimum Gasteiger partial charge on any atom is -0.466 e. The minimum absolute atomic E-state index is 0.00157. The number of piperidine rings is 1. The lowest BCUT2D eigenvalue weighted by atomic mass is 9.83. The van der Waals surface area contributed by atoms with E-state index in [4.69, 9.17) is 0 Å². The van der Waals surface area contributed by atoms with E-state index in [2.05, 4.69) is 4.74 Å². The average molecular weight is 372 g/mol. The number of ether oxygens (including phenoxy) is 1. The summed E-state index contributed by atoms with van der Waals surface area (Å²) in [6.07, 6.45) is -2.16. The fraction of sp³-hybridized carbons (Fsp3) is 0.500. The predicted octanol–water partition coefficient (Wildman–Crippen LogP) is 4.17. The molecule has 142 valence electrons. The molecule has 0 aromatic heterocycles. The maximum absolute atomic E-state index is 14.4. The third-order valence-corrected chi connectivity index (χ3v) is 4.70. The van der Waals surface area contributed by atoms with Gasteiger partial charge in [-0.3, -0.25) is 4.79 Å². The molecule has 2 heterocycles. The SMILES string of the molecule is CC1(C)CCCN(Cc2ccc(N3C=C(C(F)(F)F)OC3)c(F)c2)C1=O. The van der Waals surface area contributed by atoms with Gasteiger partial charge in [0.25, 0.3) is 0 Å². The van der Waals surface area contributed by atoms with E-state index in [1.165, 1.54) is 12.1 Å². The minimum atomic E-state index is -4.60.